The van der Waals surface area contributed by atoms with Crippen molar-refractivity contribution >= 4 is 39.0 Å². The summed E-state index contributed by atoms with van der Waals surface area (Å²) in [7, 11) is 3.74. The number of nitrogens with zero attached hydrogens (tertiary/aromatic N) is 3. The molecule has 104 valence electrons. The van der Waals surface area contributed by atoms with E-state index in [2.05, 4.69) is 27.9 Å². The average molecular weight is 300 g/mol. The summed E-state index contributed by atoms with van der Waals surface area (Å²) < 4.78 is 5.08. The molecule has 2 aromatic rings. The lowest BCUT2D eigenvalue weighted by molar-refractivity contribution is 0.196. The number of aryl methyl sites for hydroxylation is 1. The van der Waals surface area contributed by atoms with E-state index in [1.807, 2.05) is 7.05 Å². The normalized spacial score (nSPS) is 11.2. The molecule has 0 atom stereocenters. The minimum Gasteiger partial charge on any atom is -0.385 e. The Balaban J connectivity index is 2.32. The van der Waals surface area contributed by atoms with Gasteiger partial charge in [-0.15, -0.1) is 11.3 Å². The van der Waals surface area contributed by atoms with Crippen LogP contribution in [0.1, 0.15) is 18.2 Å². The second-order valence-electron chi connectivity index (χ2n) is 4.37. The van der Waals surface area contributed by atoms with Crippen LogP contribution in [0, 0.1) is 0 Å². The number of rotatable bonds is 6. The van der Waals surface area contributed by atoms with E-state index in [4.69, 9.17) is 16.3 Å². The standard InChI is InChI=1S/C13H18ClN3OS/c1-4-9-8-10-11(17(2)6-5-7-18-3)15-13(14)16-12(10)19-9/h8H,4-7H2,1-3H3. The van der Waals surface area contributed by atoms with Crippen LogP contribution in [-0.2, 0) is 11.2 Å². The summed E-state index contributed by atoms with van der Waals surface area (Å²) in [5, 5.41) is 1.40. The van der Waals surface area contributed by atoms with Crippen molar-refractivity contribution < 1.29 is 4.74 Å². The van der Waals surface area contributed by atoms with Gasteiger partial charge < -0.3 is 9.64 Å². The summed E-state index contributed by atoms with van der Waals surface area (Å²) in [5.41, 5.74) is 0. The molecule has 2 aromatic heterocycles. The van der Waals surface area contributed by atoms with E-state index >= 15 is 0 Å². The molecule has 0 spiro atoms. The topological polar surface area (TPSA) is 38.2 Å². The molecule has 0 amide bonds. The van der Waals surface area contributed by atoms with E-state index in [1.165, 1.54) is 4.88 Å². The zero-order valence-corrected chi connectivity index (χ0v) is 13.0. The first kappa shape index (κ1) is 14.5. The summed E-state index contributed by atoms with van der Waals surface area (Å²) in [5.74, 6) is 0.905. The second kappa shape index (κ2) is 6.50. The predicted molar refractivity (Wildman–Crippen MR) is 81.6 cm³/mol. The minimum atomic E-state index is 0.311. The largest absolute Gasteiger partial charge is 0.385 e. The van der Waals surface area contributed by atoms with Crippen molar-refractivity contribution in [2.24, 2.45) is 0 Å². The van der Waals surface area contributed by atoms with E-state index in [9.17, 15) is 0 Å². The highest BCUT2D eigenvalue weighted by atomic mass is 35.5. The quantitative estimate of drug-likeness (QED) is 0.605. The maximum Gasteiger partial charge on any atom is 0.225 e. The van der Waals surface area contributed by atoms with Gasteiger partial charge in [-0.25, -0.2) is 4.98 Å². The molecule has 19 heavy (non-hydrogen) atoms. The highest BCUT2D eigenvalue weighted by molar-refractivity contribution is 7.18. The third-order valence-electron chi connectivity index (χ3n) is 2.95. The number of fused-ring (bicyclic) bond motifs is 1. The summed E-state index contributed by atoms with van der Waals surface area (Å²) in [6.07, 6.45) is 1.96. The fraction of sp³-hybridized carbons (Fsp3) is 0.538. The van der Waals surface area contributed by atoms with Crippen LogP contribution in [0.25, 0.3) is 10.2 Å². The zero-order chi connectivity index (χ0) is 13.8. The molecule has 2 heterocycles. The molecule has 0 fully saturated rings. The number of anilines is 1. The van der Waals surface area contributed by atoms with Gasteiger partial charge in [-0.1, -0.05) is 6.92 Å². The van der Waals surface area contributed by atoms with Gasteiger partial charge in [0.25, 0.3) is 0 Å². The summed E-state index contributed by atoms with van der Waals surface area (Å²) in [4.78, 5) is 13.1. The van der Waals surface area contributed by atoms with Crippen molar-refractivity contribution in [3.05, 3.63) is 16.2 Å². The first-order valence-corrected chi connectivity index (χ1v) is 7.51. The van der Waals surface area contributed by atoms with Crippen LogP contribution in [0.3, 0.4) is 0 Å². The Morgan fingerprint density at radius 2 is 2.21 bits per heavy atom. The van der Waals surface area contributed by atoms with Gasteiger partial charge in [0.2, 0.25) is 5.28 Å². The van der Waals surface area contributed by atoms with Crippen LogP contribution >= 0.6 is 22.9 Å². The molecule has 0 bridgehead atoms. The second-order valence-corrected chi connectivity index (χ2v) is 5.82. The minimum absolute atomic E-state index is 0.311. The van der Waals surface area contributed by atoms with E-state index in [0.29, 0.717) is 5.28 Å². The smallest absolute Gasteiger partial charge is 0.225 e. The molecule has 0 aliphatic heterocycles. The first-order chi connectivity index (χ1) is 9.15. The van der Waals surface area contributed by atoms with E-state index in [-0.39, 0.29) is 0 Å². The fourth-order valence-corrected chi connectivity index (χ4v) is 3.12. The molecule has 0 aliphatic rings. The molecule has 0 aromatic carbocycles. The van der Waals surface area contributed by atoms with Crippen molar-refractivity contribution in [3.63, 3.8) is 0 Å². The number of methoxy groups -OCH3 is 1. The van der Waals surface area contributed by atoms with Crippen molar-refractivity contribution in [3.8, 4) is 0 Å². The van der Waals surface area contributed by atoms with Crippen LogP contribution in [-0.4, -0.2) is 37.3 Å². The lowest BCUT2D eigenvalue weighted by Gasteiger charge is -2.18. The average Bonchev–Trinajstić information content (AvgIpc) is 2.80. The van der Waals surface area contributed by atoms with Crippen molar-refractivity contribution in [1.29, 1.82) is 0 Å². The number of ether oxygens (including phenoxy) is 1. The monoisotopic (exact) mass is 299 g/mol. The van der Waals surface area contributed by atoms with Crippen LogP contribution in [0.15, 0.2) is 6.07 Å². The molecule has 0 saturated heterocycles. The van der Waals surface area contributed by atoms with Crippen molar-refractivity contribution in [2.75, 3.05) is 32.2 Å². The maximum atomic E-state index is 6.01. The molecule has 0 radical (unpaired) electrons. The molecule has 4 nitrogen and oxygen atoms in total. The van der Waals surface area contributed by atoms with E-state index in [0.717, 1.165) is 42.0 Å². The Morgan fingerprint density at radius 3 is 2.89 bits per heavy atom. The number of hydrogen-bond donors (Lipinski definition) is 0. The highest BCUT2D eigenvalue weighted by Crippen LogP contribution is 2.31. The number of aromatic nitrogens is 2. The molecule has 0 unspecified atom stereocenters. The Labute approximate surface area is 122 Å². The molecular weight excluding hydrogens is 282 g/mol. The lowest BCUT2D eigenvalue weighted by Crippen LogP contribution is -2.21. The van der Waals surface area contributed by atoms with Gasteiger partial charge >= 0.3 is 0 Å². The number of thiophene rings is 1. The van der Waals surface area contributed by atoms with E-state index < -0.39 is 0 Å². The zero-order valence-electron chi connectivity index (χ0n) is 11.4. The van der Waals surface area contributed by atoms with Crippen molar-refractivity contribution in [1.82, 2.24) is 9.97 Å². The first-order valence-electron chi connectivity index (χ1n) is 6.31. The Morgan fingerprint density at radius 1 is 1.42 bits per heavy atom. The third kappa shape index (κ3) is 3.35. The van der Waals surface area contributed by atoms with Crippen LogP contribution < -0.4 is 4.90 Å². The molecule has 0 aliphatic carbocycles. The Kier molecular flexibility index (Phi) is 4.96. The van der Waals surface area contributed by atoms with Crippen LogP contribution in [0.5, 0.6) is 0 Å². The maximum absolute atomic E-state index is 6.01. The number of hydrogen-bond acceptors (Lipinski definition) is 5. The molecule has 0 N–H and O–H groups in total. The highest BCUT2D eigenvalue weighted by Gasteiger charge is 2.13. The number of halogens is 1. The summed E-state index contributed by atoms with van der Waals surface area (Å²) in [6, 6.07) is 2.17. The lowest BCUT2D eigenvalue weighted by atomic mass is 10.3. The SMILES string of the molecule is CCc1cc2c(N(C)CCCOC)nc(Cl)nc2s1. The predicted octanol–water partition coefficient (Wildman–Crippen LogP) is 3.38. The molecular formula is C13H18ClN3OS. The molecule has 0 saturated carbocycles. The van der Waals surface area contributed by atoms with Gasteiger partial charge in [-0.05, 0) is 30.5 Å². The van der Waals surface area contributed by atoms with E-state index in [1.54, 1.807) is 18.4 Å². The van der Waals surface area contributed by atoms with Crippen LogP contribution in [0.4, 0.5) is 5.82 Å². The summed E-state index contributed by atoms with van der Waals surface area (Å²) in [6.45, 7) is 3.77. The van der Waals surface area contributed by atoms with Crippen LogP contribution in [0.2, 0.25) is 5.28 Å². The van der Waals surface area contributed by atoms with Gasteiger partial charge in [0.15, 0.2) is 0 Å². The fourth-order valence-electron chi connectivity index (χ4n) is 1.95. The Bertz CT molecular complexity index is 558. The van der Waals surface area contributed by atoms with Gasteiger partial charge in [0.05, 0.1) is 5.39 Å². The van der Waals surface area contributed by atoms with Gasteiger partial charge in [-0.2, -0.15) is 4.98 Å². The van der Waals surface area contributed by atoms with Gasteiger partial charge in [0.1, 0.15) is 10.6 Å². The molecule has 2 rings (SSSR count). The van der Waals surface area contributed by atoms with Gasteiger partial charge in [-0.3, -0.25) is 0 Å². The third-order valence-corrected chi connectivity index (χ3v) is 4.29. The summed E-state index contributed by atoms with van der Waals surface area (Å²) >= 11 is 7.70. The van der Waals surface area contributed by atoms with Gasteiger partial charge in [0, 0.05) is 32.2 Å². The Hall–Kier alpha value is -0.910. The molecule has 6 heteroatoms. The van der Waals surface area contributed by atoms with Crippen molar-refractivity contribution in [2.45, 2.75) is 19.8 Å².